The van der Waals surface area contributed by atoms with Crippen LogP contribution in [0.2, 0.25) is 0 Å². The molecule has 2 fully saturated rings. The summed E-state index contributed by atoms with van der Waals surface area (Å²) in [5, 5.41) is 3.37. The third-order valence-electron chi connectivity index (χ3n) is 4.27. The number of carbonyl (C=O) groups is 1. The van der Waals surface area contributed by atoms with Gasteiger partial charge in [-0.25, -0.2) is 0 Å². The maximum Gasteiger partial charge on any atom is 0.223 e. The zero-order chi connectivity index (χ0) is 14.2. The monoisotopic (exact) mass is 283 g/mol. The van der Waals surface area contributed by atoms with Crippen LogP contribution in [0.25, 0.3) is 0 Å². The Morgan fingerprint density at radius 2 is 2.05 bits per heavy atom. The molecule has 0 radical (unpaired) electrons. The maximum absolute atomic E-state index is 12.0. The Bertz CT molecular complexity index is 293. The molecule has 1 atom stereocenters. The van der Waals surface area contributed by atoms with E-state index in [2.05, 4.69) is 17.1 Å². The van der Waals surface area contributed by atoms with Gasteiger partial charge < -0.3 is 15.0 Å². The number of likely N-dealkylation sites (N-methyl/N-ethyl adjacent to an activating group) is 1. The average Bonchev–Trinajstić information content (AvgIpc) is 2.52. The third kappa shape index (κ3) is 5.04. The van der Waals surface area contributed by atoms with E-state index < -0.39 is 0 Å². The van der Waals surface area contributed by atoms with E-state index in [0.29, 0.717) is 12.3 Å². The van der Waals surface area contributed by atoms with E-state index in [1.807, 2.05) is 4.90 Å². The van der Waals surface area contributed by atoms with Gasteiger partial charge in [-0.15, -0.1) is 0 Å². The van der Waals surface area contributed by atoms with E-state index in [0.717, 1.165) is 52.4 Å². The lowest BCUT2D eigenvalue weighted by molar-refractivity contribution is -0.132. The molecule has 20 heavy (non-hydrogen) atoms. The van der Waals surface area contributed by atoms with Crippen LogP contribution in [0.15, 0.2) is 0 Å². The molecule has 5 heteroatoms. The quantitative estimate of drug-likeness (QED) is 0.729. The summed E-state index contributed by atoms with van der Waals surface area (Å²) in [6, 6.07) is 0. The average molecular weight is 283 g/mol. The molecule has 1 N–H and O–H groups in total. The van der Waals surface area contributed by atoms with Crippen LogP contribution in [0.1, 0.15) is 32.6 Å². The molecule has 1 amide bonds. The number of rotatable bonds is 6. The summed E-state index contributed by atoms with van der Waals surface area (Å²) in [5.41, 5.74) is 0. The minimum atomic E-state index is 0.272. The van der Waals surface area contributed by atoms with Crippen molar-refractivity contribution in [3.05, 3.63) is 0 Å². The first-order valence-electron chi connectivity index (χ1n) is 8.12. The highest BCUT2D eigenvalue weighted by Gasteiger charge is 2.19. The first-order chi connectivity index (χ1) is 9.79. The molecule has 0 aromatic rings. The lowest BCUT2D eigenvalue weighted by Gasteiger charge is -2.32. The molecule has 2 rings (SSSR count). The smallest absolute Gasteiger partial charge is 0.223 e. The number of hydrogen-bond donors (Lipinski definition) is 1. The summed E-state index contributed by atoms with van der Waals surface area (Å²) in [5.74, 6) is 0.303. The van der Waals surface area contributed by atoms with E-state index in [9.17, 15) is 4.79 Å². The second-order valence-electron chi connectivity index (χ2n) is 5.78. The fourth-order valence-electron chi connectivity index (χ4n) is 2.95. The van der Waals surface area contributed by atoms with Crippen molar-refractivity contribution < 1.29 is 9.53 Å². The predicted molar refractivity (Wildman–Crippen MR) is 79.8 cm³/mol. The Morgan fingerprint density at radius 3 is 2.80 bits per heavy atom. The van der Waals surface area contributed by atoms with Crippen LogP contribution in [-0.2, 0) is 9.53 Å². The van der Waals surface area contributed by atoms with Crippen molar-refractivity contribution in [3.63, 3.8) is 0 Å². The van der Waals surface area contributed by atoms with Gasteiger partial charge in [-0.2, -0.15) is 0 Å². The fraction of sp³-hybridized carbons (Fsp3) is 0.933. The Morgan fingerprint density at radius 1 is 1.25 bits per heavy atom. The predicted octanol–water partition coefficient (Wildman–Crippen LogP) is 0.699. The zero-order valence-corrected chi connectivity index (χ0v) is 12.8. The van der Waals surface area contributed by atoms with Gasteiger partial charge in [0.1, 0.15) is 0 Å². The van der Waals surface area contributed by atoms with Crippen molar-refractivity contribution in [2.45, 2.75) is 38.7 Å². The minimum absolute atomic E-state index is 0.272. The molecule has 2 aliphatic rings. The summed E-state index contributed by atoms with van der Waals surface area (Å²) in [6.07, 6.45) is 4.50. The SMILES string of the molecule is CCN1CCOC(CNCCC(=O)N2CCCCC2)C1. The Balaban J connectivity index is 1.55. The van der Waals surface area contributed by atoms with Crippen molar-refractivity contribution in [2.24, 2.45) is 0 Å². The van der Waals surface area contributed by atoms with Gasteiger partial charge in [-0.3, -0.25) is 9.69 Å². The molecule has 0 aromatic carbocycles. The molecule has 0 bridgehead atoms. The van der Waals surface area contributed by atoms with Gasteiger partial charge in [-0.1, -0.05) is 6.92 Å². The fourth-order valence-corrected chi connectivity index (χ4v) is 2.95. The maximum atomic E-state index is 12.0. The van der Waals surface area contributed by atoms with E-state index >= 15 is 0 Å². The molecule has 2 aliphatic heterocycles. The van der Waals surface area contributed by atoms with Gasteiger partial charge in [0.2, 0.25) is 5.91 Å². The summed E-state index contributed by atoms with van der Waals surface area (Å²) in [4.78, 5) is 16.4. The van der Waals surface area contributed by atoms with Gasteiger partial charge in [-0.05, 0) is 25.8 Å². The van der Waals surface area contributed by atoms with E-state index in [1.165, 1.54) is 19.3 Å². The largest absolute Gasteiger partial charge is 0.374 e. The van der Waals surface area contributed by atoms with E-state index in [4.69, 9.17) is 4.74 Å². The number of piperidine rings is 1. The van der Waals surface area contributed by atoms with Crippen LogP contribution < -0.4 is 5.32 Å². The van der Waals surface area contributed by atoms with Crippen LogP contribution in [0.3, 0.4) is 0 Å². The molecular formula is C15H29N3O2. The zero-order valence-electron chi connectivity index (χ0n) is 12.8. The number of carbonyl (C=O) groups excluding carboxylic acids is 1. The second kappa shape index (κ2) is 8.60. The number of ether oxygens (including phenoxy) is 1. The van der Waals surface area contributed by atoms with Gasteiger partial charge >= 0.3 is 0 Å². The van der Waals surface area contributed by atoms with E-state index in [-0.39, 0.29) is 6.10 Å². The normalized spacial score (nSPS) is 24.9. The second-order valence-corrected chi connectivity index (χ2v) is 5.78. The lowest BCUT2D eigenvalue weighted by Crippen LogP contribution is -2.46. The van der Waals surface area contributed by atoms with Crippen molar-refractivity contribution in [1.29, 1.82) is 0 Å². The summed E-state index contributed by atoms with van der Waals surface area (Å²) in [6.45, 7) is 9.68. The van der Waals surface area contributed by atoms with Crippen molar-refractivity contribution in [3.8, 4) is 0 Å². The van der Waals surface area contributed by atoms with Crippen LogP contribution in [0.5, 0.6) is 0 Å². The van der Waals surface area contributed by atoms with Gasteiger partial charge in [0.15, 0.2) is 0 Å². The number of hydrogen-bond acceptors (Lipinski definition) is 4. The molecule has 116 valence electrons. The number of nitrogens with zero attached hydrogens (tertiary/aromatic N) is 2. The summed E-state index contributed by atoms with van der Waals surface area (Å²) in [7, 11) is 0. The summed E-state index contributed by atoms with van der Waals surface area (Å²) >= 11 is 0. The summed E-state index contributed by atoms with van der Waals surface area (Å²) < 4.78 is 5.73. The van der Waals surface area contributed by atoms with Crippen LogP contribution in [0, 0.1) is 0 Å². The molecular weight excluding hydrogens is 254 g/mol. The number of nitrogens with one attached hydrogen (secondary N) is 1. The molecule has 2 heterocycles. The molecule has 0 aromatic heterocycles. The highest BCUT2D eigenvalue weighted by Crippen LogP contribution is 2.09. The molecule has 0 spiro atoms. The number of likely N-dealkylation sites (tertiary alicyclic amines) is 1. The highest BCUT2D eigenvalue weighted by molar-refractivity contribution is 5.76. The van der Waals surface area contributed by atoms with Crippen LogP contribution >= 0.6 is 0 Å². The number of amides is 1. The topological polar surface area (TPSA) is 44.8 Å². The van der Waals surface area contributed by atoms with Crippen LogP contribution in [-0.4, -0.2) is 74.2 Å². The van der Waals surface area contributed by atoms with Crippen molar-refractivity contribution >= 4 is 5.91 Å². The Labute approximate surface area is 122 Å². The third-order valence-corrected chi connectivity index (χ3v) is 4.27. The highest BCUT2D eigenvalue weighted by atomic mass is 16.5. The standard InChI is InChI=1S/C15H29N3O2/c1-2-17-10-11-20-14(13-17)12-16-7-6-15(19)18-8-4-3-5-9-18/h14,16H,2-13H2,1H3. The van der Waals surface area contributed by atoms with Gasteiger partial charge in [0, 0.05) is 45.7 Å². The van der Waals surface area contributed by atoms with Crippen molar-refractivity contribution in [2.75, 3.05) is 52.4 Å². The van der Waals surface area contributed by atoms with Crippen molar-refractivity contribution in [1.82, 2.24) is 15.1 Å². The number of morpholine rings is 1. The minimum Gasteiger partial charge on any atom is -0.374 e. The van der Waals surface area contributed by atoms with Crippen LogP contribution in [0.4, 0.5) is 0 Å². The molecule has 5 nitrogen and oxygen atoms in total. The Kier molecular flexibility index (Phi) is 6.76. The van der Waals surface area contributed by atoms with Gasteiger partial charge in [0.25, 0.3) is 0 Å². The Hall–Kier alpha value is -0.650. The molecule has 1 unspecified atom stereocenters. The molecule has 0 saturated carbocycles. The molecule has 2 saturated heterocycles. The first kappa shape index (κ1) is 15.7. The molecule has 0 aliphatic carbocycles. The lowest BCUT2D eigenvalue weighted by atomic mass is 10.1. The van der Waals surface area contributed by atoms with Gasteiger partial charge in [0.05, 0.1) is 12.7 Å². The van der Waals surface area contributed by atoms with E-state index in [1.54, 1.807) is 0 Å². The first-order valence-corrected chi connectivity index (χ1v) is 8.12.